The number of nitrogens with zero attached hydrogens (tertiary/aromatic N) is 2. The van der Waals surface area contributed by atoms with Crippen LogP contribution in [0.3, 0.4) is 0 Å². The van der Waals surface area contributed by atoms with Gasteiger partial charge in [0.2, 0.25) is 11.8 Å². The van der Waals surface area contributed by atoms with Gasteiger partial charge in [0.1, 0.15) is 5.54 Å². The molecule has 0 unspecified atom stereocenters. The minimum atomic E-state index is -0.827. The number of hydrogen-bond donors (Lipinski definition) is 0. The quantitative estimate of drug-likeness (QED) is 0.632. The van der Waals surface area contributed by atoms with Crippen LogP contribution in [0.25, 0.3) is 0 Å². The summed E-state index contributed by atoms with van der Waals surface area (Å²) in [5, 5.41) is 9.33. The van der Waals surface area contributed by atoms with Crippen molar-refractivity contribution in [3.05, 3.63) is 0 Å². The second-order valence-electron chi connectivity index (χ2n) is 4.68. The van der Waals surface area contributed by atoms with Crippen LogP contribution in [0.1, 0.15) is 51.4 Å². The normalized spacial score (nSPS) is 25.3. The molecule has 0 atom stereocenters. The number of amides is 2. The van der Waals surface area contributed by atoms with E-state index >= 15 is 0 Å². The molecule has 1 aliphatic heterocycles. The summed E-state index contributed by atoms with van der Waals surface area (Å²) in [6.07, 6.45) is 5.73. The van der Waals surface area contributed by atoms with Gasteiger partial charge >= 0.3 is 0 Å². The summed E-state index contributed by atoms with van der Waals surface area (Å²) >= 11 is 0. The molecule has 0 aromatic heterocycles. The Labute approximate surface area is 95.2 Å². The standard InChI is InChI=1S/C12H16N2O2/c13-9-12(7-2-1-3-8-12)14-10(15)5-4-6-11(14)16/h1-8H2. The van der Waals surface area contributed by atoms with Crippen molar-refractivity contribution in [3.63, 3.8) is 0 Å². The highest BCUT2D eigenvalue weighted by Gasteiger charge is 2.45. The predicted molar refractivity (Wildman–Crippen MR) is 57.1 cm³/mol. The lowest BCUT2D eigenvalue weighted by molar-refractivity contribution is -0.154. The lowest BCUT2D eigenvalue weighted by Crippen LogP contribution is -2.56. The second kappa shape index (κ2) is 4.25. The van der Waals surface area contributed by atoms with Crippen molar-refractivity contribution >= 4 is 11.8 Å². The highest BCUT2D eigenvalue weighted by Crippen LogP contribution is 2.35. The zero-order chi connectivity index (χ0) is 11.6. The van der Waals surface area contributed by atoms with Gasteiger partial charge in [-0.25, -0.2) is 0 Å². The van der Waals surface area contributed by atoms with Gasteiger partial charge in [0.25, 0.3) is 0 Å². The molecule has 4 heteroatoms. The number of rotatable bonds is 1. The minimum absolute atomic E-state index is 0.153. The Morgan fingerprint density at radius 2 is 1.56 bits per heavy atom. The number of carbonyl (C=O) groups is 2. The van der Waals surface area contributed by atoms with Crippen molar-refractivity contribution in [2.75, 3.05) is 0 Å². The molecule has 0 spiro atoms. The minimum Gasteiger partial charge on any atom is -0.274 e. The maximum atomic E-state index is 11.8. The SMILES string of the molecule is N#CC1(N2C(=O)CCCC2=O)CCCCC1. The summed E-state index contributed by atoms with van der Waals surface area (Å²) in [5.41, 5.74) is -0.827. The molecule has 1 aliphatic carbocycles. The van der Waals surface area contributed by atoms with Gasteiger partial charge in [-0.1, -0.05) is 19.3 Å². The zero-order valence-corrected chi connectivity index (χ0v) is 9.37. The zero-order valence-electron chi connectivity index (χ0n) is 9.37. The molecule has 2 rings (SSSR count). The Bertz CT molecular complexity index is 335. The first-order chi connectivity index (χ1) is 7.69. The molecular weight excluding hydrogens is 204 g/mol. The predicted octanol–water partition coefficient (Wildman–Crippen LogP) is 1.75. The molecule has 2 fully saturated rings. The highest BCUT2D eigenvalue weighted by molar-refractivity contribution is 5.98. The Balaban J connectivity index is 2.28. The van der Waals surface area contributed by atoms with E-state index in [1.807, 2.05) is 0 Å². The van der Waals surface area contributed by atoms with Crippen LogP contribution in [0.5, 0.6) is 0 Å². The molecule has 1 saturated carbocycles. The molecule has 0 bridgehead atoms. The number of imide groups is 1. The Kier molecular flexibility index (Phi) is 2.95. The van der Waals surface area contributed by atoms with E-state index in [1.54, 1.807) is 0 Å². The third-order valence-corrected chi connectivity index (χ3v) is 3.60. The summed E-state index contributed by atoms with van der Waals surface area (Å²) < 4.78 is 0. The van der Waals surface area contributed by atoms with E-state index in [0.717, 1.165) is 19.3 Å². The molecule has 86 valence electrons. The second-order valence-corrected chi connectivity index (χ2v) is 4.68. The van der Waals surface area contributed by atoms with Gasteiger partial charge in [0, 0.05) is 12.8 Å². The monoisotopic (exact) mass is 220 g/mol. The van der Waals surface area contributed by atoms with Crippen LogP contribution in [0.15, 0.2) is 0 Å². The van der Waals surface area contributed by atoms with E-state index < -0.39 is 5.54 Å². The van der Waals surface area contributed by atoms with Gasteiger partial charge < -0.3 is 0 Å². The average Bonchev–Trinajstić information content (AvgIpc) is 2.30. The number of nitriles is 1. The first-order valence-corrected chi connectivity index (χ1v) is 5.97. The van der Waals surface area contributed by atoms with E-state index in [4.69, 9.17) is 0 Å². The maximum absolute atomic E-state index is 11.8. The summed E-state index contributed by atoms with van der Waals surface area (Å²) in [6, 6.07) is 2.23. The van der Waals surface area contributed by atoms with Gasteiger partial charge in [-0.15, -0.1) is 0 Å². The molecule has 0 aromatic carbocycles. The van der Waals surface area contributed by atoms with Crippen LogP contribution in [-0.2, 0) is 9.59 Å². The van der Waals surface area contributed by atoms with E-state index in [9.17, 15) is 14.9 Å². The van der Waals surface area contributed by atoms with Crippen molar-refractivity contribution in [3.8, 4) is 6.07 Å². The Hall–Kier alpha value is -1.37. The van der Waals surface area contributed by atoms with Crippen molar-refractivity contribution < 1.29 is 9.59 Å². The smallest absolute Gasteiger partial charge is 0.230 e. The van der Waals surface area contributed by atoms with Crippen LogP contribution in [0.2, 0.25) is 0 Å². The molecule has 2 aliphatic rings. The average molecular weight is 220 g/mol. The molecule has 0 radical (unpaired) electrons. The largest absolute Gasteiger partial charge is 0.274 e. The first-order valence-electron chi connectivity index (χ1n) is 5.97. The van der Waals surface area contributed by atoms with Crippen LogP contribution < -0.4 is 0 Å². The van der Waals surface area contributed by atoms with Crippen molar-refractivity contribution in [1.82, 2.24) is 4.90 Å². The fourth-order valence-corrected chi connectivity index (χ4v) is 2.75. The fourth-order valence-electron chi connectivity index (χ4n) is 2.75. The molecule has 4 nitrogen and oxygen atoms in total. The Morgan fingerprint density at radius 3 is 2.06 bits per heavy atom. The van der Waals surface area contributed by atoms with Gasteiger partial charge in [-0.2, -0.15) is 5.26 Å². The molecular formula is C12H16N2O2. The highest BCUT2D eigenvalue weighted by atomic mass is 16.2. The maximum Gasteiger partial charge on any atom is 0.230 e. The van der Waals surface area contributed by atoms with E-state index in [0.29, 0.717) is 32.1 Å². The third-order valence-electron chi connectivity index (χ3n) is 3.60. The van der Waals surface area contributed by atoms with Gasteiger partial charge in [0.15, 0.2) is 0 Å². The summed E-state index contributed by atoms with van der Waals surface area (Å²) in [5.74, 6) is -0.306. The number of hydrogen-bond acceptors (Lipinski definition) is 3. The molecule has 0 aromatic rings. The van der Waals surface area contributed by atoms with Gasteiger partial charge in [-0.3, -0.25) is 14.5 Å². The molecule has 0 N–H and O–H groups in total. The summed E-state index contributed by atoms with van der Waals surface area (Å²) in [6.45, 7) is 0. The Morgan fingerprint density at radius 1 is 1.00 bits per heavy atom. The van der Waals surface area contributed by atoms with E-state index in [-0.39, 0.29) is 11.8 Å². The van der Waals surface area contributed by atoms with Crippen molar-refractivity contribution in [2.45, 2.75) is 56.9 Å². The molecule has 2 amide bonds. The fraction of sp³-hybridized carbons (Fsp3) is 0.750. The molecule has 16 heavy (non-hydrogen) atoms. The van der Waals surface area contributed by atoms with Crippen LogP contribution >= 0.6 is 0 Å². The summed E-state index contributed by atoms with van der Waals surface area (Å²) in [7, 11) is 0. The first kappa shape index (κ1) is 11.1. The lowest BCUT2D eigenvalue weighted by atomic mass is 9.80. The molecule has 1 saturated heterocycles. The van der Waals surface area contributed by atoms with Crippen molar-refractivity contribution in [1.29, 1.82) is 5.26 Å². The van der Waals surface area contributed by atoms with E-state index in [1.165, 1.54) is 4.90 Å². The lowest BCUT2D eigenvalue weighted by Gasteiger charge is -2.41. The summed E-state index contributed by atoms with van der Waals surface area (Å²) in [4.78, 5) is 24.9. The van der Waals surface area contributed by atoms with Crippen molar-refractivity contribution in [2.24, 2.45) is 0 Å². The van der Waals surface area contributed by atoms with Gasteiger partial charge in [-0.05, 0) is 19.3 Å². The third kappa shape index (κ3) is 1.71. The van der Waals surface area contributed by atoms with Crippen LogP contribution in [0, 0.1) is 11.3 Å². The number of piperidine rings is 1. The molecule has 1 heterocycles. The van der Waals surface area contributed by atoms with Crippen LogP contribution in [-0.4, -0.2) is 22.3 Å². The number of carbonyl (C=O) groups excluding carboxylic acids is 2. The topological polar surface area (TPSA) is 61.2 Å². The van der Waals surface area contributed by atoms with Gasteiger partial charge in [0.05, 0.1) is 6.07 Å². The van der Waals surface area contributed by atoms with Crippen LogP contribution in [0.4, 0.5) is 0 Å². The number of likely N-dealkylation sites (tertiary alicyclic amines) is 1. The van der Waals surface area contributed by atoms with E-state index in [2.05, 4.69) is 6.07 Å².